The number of carbonyl (C=O) groups is 2. The van der Waals surface area contributed by atoms with E-state index in [0.29, 0.717) is 34.9 Å². The van der Waals surface area contributed by atoms with E-state index >= 15 is 0 Å². The molecule has 2 heterocycles. The van der Waals surface area contributed by atoms with Gasteiger partial charge in [0.15, 0.2) is 0 Å². The first kappa shape index (κ1) is 18.7. The quantitative estimate of drug-likeness (QED) is 0.770. The van der Waals surface area contributed by atoms with Gasteiger partial charge in [-0.25, -0.2) is 9.78 Å². The Morgan fingerprint density at radius 1 is 1.19 bits per heavy atom. The number of esters is 1. The Morgan fingerprint density at radius 2 is 1.93 bits per heavy atom. The fourth-order valence-electron chi connectivity index (χ4n) is 2.91. The first-order valence-electron chi connectivity index (χ1n) is 8.50. The molecule has 0 fully saturated rings. The van der Waals surface area contributed by atoms with Crippen LogP contribution < -0.4 is 9.47 Å². The zero-order valence-electron chi connectivity index (χ0n) is 16.0. The number of nitrogens with zero attached hydrogens (tertiary/aromatic N) is 2. The van der Waals surface area contributed by atoms with Crippen molar-refractivity contribution in [2.24, 2.45) is 0 Å². The number of amides is 1. The van der Waals surface area contributed by atoms with E-state index < -0.39 is 11.6 Å². The summed E-state index contributed by atoms with van der Waals surface area (Å²) in [5.41, 5.74) is 1.27. The molecule has 0 aliphatic carbocycles. The normalized spacial score (nSPS) is 14.1. The van der Waals surface area contributed by atoms with Crippen molar-refractivity contribution in [3.8, 4) is 17.4 Å². The molecule has 0 N–H and O–H groups in total. The molecule has 1 aromatic heterocycles. The number of methoxy groups -OCH3 is 1. The molecule has 142 valence electrons. The first-order valence-corrected chi connectivity index (χ1v) is 8.50. The van der Waals surface area contributed by atoms with Gasteiger partial charge in [-0.15, -0.1) is 0 Å². The Labute approximate surface area is 157 Å². The second-order valence-electron chi connectivity index (χ2n) is 7.17. The second kappa shape index (κ2) is 6.90. The van der Waals surface area contributed by atoms with Crippen LogP contribution in [-0.4, -0.2) is 48.6 Å². The van der Waals surface area contributed by atoms with Crippen molar-refractivity contribution >= 4 is 11.9 Å². The number of fused-ring (bicyclic) bond motifs is 1. The van der Waals surface area contributed by atoms with Crippen molar-refractivity contribution in [1.29, 1.82) is 0 Å². The lowest BCUT2D eigenvalue weighted by Crippen LogP contribution is -2.24. The molecular formula is C20H22N2O5. The minimum atomic E-state index is -0.476. The third kappa shape index (κ3) is 3.86. The number of carbonyl (C=O) groups excluding carboxylic acids is 2. The van der Waals surface area contributed by atoms with Gasteiger partial charge in [-0.2, -0.15) is 0 Å². The molecule has 0 bridgehead atoms. The standard InChI is InChI=1S/C20H22N2O5/c1-20(2)10-14-15(8-13(19(24)25-5)9-16(14)27-20)26-17-7-6-12(11-21-17)18(23)22(3)4/h6-9,11H,10H2,1-5H3. The lowest BCUT2D eigenvalue weighted by Gasteiger charge is -2.16. The van der Waals surface area contributed by atoms with Crippen LogP contribution in [0, 0.1) is 0 Å². The van der Waals surface area contributed by atoms with E-state index in [1.54, 1.807) is 38.4 Å². The number of rotatable bonds is 4. The summed E-state index contributed by atoms with van der Waals surface area (Å²) >= 11 is 0. The summed E-state index contributed by atoms with van der Waals surface area (Å²) in [5, 5.41) is 0. The third-order valence-electron chi connectivity index (χ3n) is 4.18. The highest BCUT2D eigenvalue weighted by Crippen LogP contribution is 2.42. The summed E-state index contributed by atoms with van der Waals surface area (Å²) in [7, 11) is 4.68. The summed E-state index contributed by atoms with van der Waals surface area (Å²) < 4.78 is 16.7. The molecule has 27 heavy (non-hydrogen) atoms. The lowest BCUT2D eigenvalue weighted by atomic mass is 10.00. The summed E-state index contributed by atoms with van der Waals surface area (Å²) in [5.74, 6) is 0.780. The van der Waals surface area contributed by atoms with E-state index in [2.05, 4.69) is 4.98 Å². The van der Waals surface area contributed by atoms with Crippen LogP contribution in [-0.2, 0) is 11.2 Å². The predicted octanol–water partition coefficient (Wildman–Crippen LogP) is 3.08. The van der Waals surface area contributed by atoms with Gasteiger partial charge in [0.05, 0.1) is 18.2 Å². The highest BCUT2D eigenvalue weighted by atomic mass is 16.5. The van der Waals surface area contributed by atoms with Crippen molar-refractivity contribution in [2.75, 3.05) is 21.2 Å². The van der Waals surface area contributed by atoms with E-state index in [1.807, 2.05) is 13.8 Å². The summed E-state index contributed by atoms with van der Waals surface area (Å²) in [6.07, 6.45) is 2.10. The van der Waals surface area contributed by atoms with Gasteiger partial charge >= 0.3 is 5.97 Å². The van der Waals surface area contributed by atoms with Crippen molar-refractivity contribution in [3.63, 3.8) is 0 Å². The summed E-state index contributed by atoms with van der Waals surface area (Å²) in [6.45, 7) is 3.93. The summed E-state index contributed by atoms with van der Waals surface area (Å²) in [6, 6.07) is 6.55. The van der Waals surface area contributed by atoms with E-state index in [9.17, 15) is 9.59 Å². The molecule has 0 saturated heterocycles. The van der Waals surface area contributed by atoms with Crippen LogP contribution >= 0.6 is 0 Å². The Hall–Kier alpha value is -3.09. The molecule has 0 atom stereocenters. The summed E-state index contributed by atoms with van der Waals surface area (Å²) in [4.78, 5) is 29.6. The Balaban J connectivity index is 1.94. The zero-order valence-corrected chi connectivity index (χ0v) is 16.0. The molecule has 0 spiro atoms. The second-order valence-corrected chi connectivity index (χ2v) is 7.17. The van der Waals surface area contributed by atoms with Gasteiger partial charge in [0.25, 0.3) is 5.91 Å². The fourth-order valence-corrected chi connectivity index (χ4v) is 2.91. The maximum Gasteiger partial charge on any atom is 0.338 e. The number of ether oxygens (including phenoxy) is 3. The van der Waals surface area contributed by atoms with Crippen LogP contribution in [0.1, 0.15) is 40.1 Å². The van der Waals surface area contributed by atoms with Crippen molar-refractivity contribution in [1.82, 2.24) is 9.88 Å². The topological polar surface area (TPSA) is 78.0 Å². The molecule has 0 unspecified atom stereocenters. The largest absolute Gasteiger partial charge is 0.487 e. The van der Waals surface area contributed by atoms with Gasteiger partial charge in [0.2, 0.25) is 5.88 Å². The van der Waals surface area contributed by atoms with Crippen molar-refractivity contribution in [3.05, 3.63) is 47.2 Å². The molecule has 1 amide bonds. The van der Waals surface area contributed by atoms with Crippen LogP contribution in [0.3, 0.4) is 0 Å². The van der Waals surface area contributed by atoms with Crippen LogP contribution in [0.25, 0.3) is 0 Å². The number of hydrogen-bond donors (Lipinski definition) is 0. The molecule has 2 aromatic rings. The number of hydrogen-bond acceptors (Lipinski definition) is 6. The third-order valence-corrected chi connectivity index (χ3v) is 4.18. The molecule has 0 saturated carbocycles. The number of benzene rings is 1. The number of pyridine rings is 1. The van der Waals surface area contributed by atoms with Gasteiger partial charge < -0.3 is 19.1 Å². The molecule has 1 aliphatic rings. The van der Waals surface area contributed by atoms with E-state index in [0.717, 1.165) is 5.56 Å². The molecule has 1 aromatic carbocycles. The van der Waals surface area contributed by atoms with Crippen LogP contribution in [0.4, 0.5) is 0 Å². The lowest BCUT2D eigenvalue weighted by molar-refractivity contribution is 0.0599. The Morgan fingerprint density at radius 3 is 2.52 bits per heavy atom. The van der Waals surface area contributed by atoms with Gasteiger partial charge in [-0.1, -0.05) is 0 Å². The number of aromatic nitrogens is 1. The Kier molecular flexibility index (Phi) is 4.78. The smallest absolute Gasteiger partial charge is 0.338 e. The average molecular weight is 370 g/mol. The molecule has 1 aliphatic heterocycles. The van der Waals surface area contributed by atoms with E-state index in [-0.39, 0.29) is 5.91 Å². The molecule has 7 nitrogen and oxygen atoms in total. The fraction of sp³-hybridized carbons (Fsp3) is 0.350. The van der Waals surface area contributed by atoms with Crippen molar-refractivity contribution < 1.29 is 23.8 Å². The van der Waals surface area contributed by atoms with Gasteiger partial charge in [-0.3, -0.25) is 4.79 Å². The van der Waals surface area contributed by atoms with E-state index in [4.69, 9.17) is 14.2 Å². The van der Waals surface area contributed by atoms with Gasteiger partial charge in [0, 0.05) is 38.3 Å². The average Bonchev–Trinajstić information content (AvgIpc) is 2.95. The molecule has 0 radical (unpaired) electrons. The van der Waals surface area contributed by atoms with Gasteiger partial charge in [-0.05, 0) is 32.0 Å². The Bertz CT molecular complexity index is 888. The van der Waals surface area contributed by atoms with Crippen LogP contribution in [0.15, 0.2) is 30.5 Å². The van der Waals surface area contributed by atoms with Crippen LogP contribution in [0.2, 0.25) is 0 Å². The molecule has 7 heteroatoms. The predicted molar refractivity (Wildman–Crippen MR) is 98.5 cm³/mol. The monoisotopic (exact) mass is 370 g/mol. The first-order chi connectivity index (χ1) is 12.7. The maximum atomic E-state index is 12.0. The minimum Gasteiger partial charge on any atom is -0.487 e. The zero-order chi connectivity index (χ0) is 19.8. The molecular weight excluding hydrogens is 348 g/mol. The van der Waals surface area contributed by atoms with Crippen LogP contribution in [0.5, 0.6) is 17.4 Å². The van der Waals surface area contributed by atoms with Crippen molar-refractivity contribution in [2.45, 2.75) is 25.9 Å². The maximum absolute atomic E-state index is 12.0. The van der Waals surface area contributed by atoms with E-state index in [1.165, 1.54) is 18.2 Å². The SMILES string of the molecule is COC(=O)c1cc(Oc2ccc(C(=O)N(C)C)cn2)c2c(c1)OC(C)(C)C2. The van der Waals surface area contributed by atoms with Gasteiger partial charge in [0.1, 0.15) is 17.1 Å². The highest BCUT2D eigenvalue weighted by molar-refractivity contribution is 5.93. The highest BCUT2D eigenvalue weighted by Gasteiger charge is 2.34. The molecule has 3 rings (SSSR count). The minimum absolute atomic E-state index is 0.141.